The van der Waals surface area contributed by atoms with Crippen LogP contribution in [0, 0.1) is 16.0 Å². The van der Waals surface area contributed by atoms with Crippen LogP contribution in [0.25, 0.3) is 0 Å². The summed E-state index contributed by atoms with van der Waals surface area (Å²) < 4.78 is 0. The van der Waals surface area contributed by atoms with Gasteiger partial charge in [0.15, 0.2) is 0 Å². The van der Waals surface area contributed by atoms with Crippen molar-refractivity contribution in [2.24, 2.45) is 5.92 Å². The highest BCUT2D eigenvalue weighted by atomic mass is 16.6. The van der Waals surface area contributed by atoms with Crippen LogP contribution in [0.1, 0.15) is 33.1 Å². The van der Waals surface area contributed by atoms with E-state index in [0.717, 1.165) is 0 Å². The molecule has 2 N–H and O–H groups in total. The van der Waals surface area contributed by atoms with Crippen molar-refractivity contribution in [3.8, 4) is 0 Å². The molecule has 6 nitrogen and oxygen atoms in total. The fraction of sp³-hybridized carbons (Fsp3) is 0.889. The van der Waals surface area contributed by atoms with Crippen LogP contribution in [0.4, 0.5) is 0 Å². The van der Waals surface area contributed by atoms with Gasteiger partial charge in [0.1, 0.15) is 0 Å². The van der Waals surface area contributed by atoms with E-state index in [-0.39, 0.29) is 19.4 Å². The van der Waals surface area contributed by atoms with Crippen LogP contribution in [0.15, 0.2) is 0 Å². The first kappa shape index (κ1) is 13.8. The lowest BCUT2D eigenvalue weighted by molar-refractivity contribution is -0.562. The SMILES string of the molecule is CC(C)(CC(CCCO)C(=O)O)[N+](=O)[O-]. The minimum Gasteiger partial charge on any atom is -0.481 e. The summed E-state index contributed by atoms with van der Waals surface area (Å²) >= 11 is 0. The van der Waals surface area contributed by atoms with Gasteiger partial charge >= 0.3 is 5.97 Å². The first-order valence-electron chi connectivity index (χ1n) is 4.79. The van der Waals surface area contributed by atoms with Gasteiger partial charge in [0.2, 0.25) is 5.54 Å². The second-order valence-electron chi connectivity index (χ2n) is 4.17. The Morgan fingerprint density at radius 2 is 2.07 bits per heavy atom. The molecule has 0 aliphatic carbocycles. The number of hydrogen-bond acceptors (Lipinski definition) is 4. The number of hydrogen-bond donors (Lipinski definition) is 2. The predicted molar refractivity (Wildman–Crippen MR) is 53.1 cm³/mol. The highest BCUT2D eigenvalue weighted by Crippen LogP contribution is 2.23. The van der Waals surface area contributed by atoms with E-state index in [4.69, 9.17) is 10.2 Å². The van der Waals surface area contributed by atoms with Gasteiger partial charge < -0.3 is 10.2 Å². The van der Waals surface area contributed by atoms with Crippen LogP contribution < -0.4 is 0 Å². The molecule has 88 valence electrons. The molecule has 15 heavy (non-hydrogen) atoms. The first-order chi connectivity index (χ1) is 6.81. The second kappa shape index (κ2) is 5.65. The van der Waals surface area contributed by atoms with Crippen molar-refractivity contribution < 1.29 is 19.9 Å². The topological polar surface area (TPSA) is 101 Å². The van der Waals surface area contributed by atoms with Crippen molar-refractivity contribution in [1.82, 2.24) is 0 Å². The van der Waals surface area contributed by atoms with Gasteiger partial charge in [-0.1, -0.05) is 0 Å². The fourth-order valence-corrected chi connectivity index (χ4v) is 1.33. The van der Waals surface area contributed by atoms with Crippen molar-refractivity contribution >= 4 is 5.97 Å². The summed E-state index contributed by atoms with van der Waals surface area (Å²) in [6, 6.07) is 0. The van der Waals surface area contributed by atoms with Gasteiger partial charge in [0, 0.05) is 31.8 Å². The largest absolute Gasteiger partial charge is 0.481 e. The first-order valence-corrected chi connectivity index (χ1v) is 4.79. The molecule has 0 aliphatic heterocycles. The van der Waals surface area contributed by atoms with Crippen LogP contribution >= 0.6 is 0 Å². The Hall–Kier alpha value is -1.17. The van der Waals surface area contributed by atoms with Crippen LogP contribution in [-0.2, 0) is 4.79 Å². The molecule has 0 heterocycles. The molecule has 0 aromatic rings. The third kappa shape index (κ3) is 4.73. The number of carboxylic acids is 1. The third-order valence-corrected chi connectivity index (χ3v) is 2.30. The molecule has 0 bridgehead atoms. The van der Waals surface area contributed by atoms with E-state index >= 15 is 0 Å². The minimum atomic E-state index is -1.24. The summed E-state index contributed by atoms with van der Waals surface area (Å²) in [6.07, 6.45) is 0.600. The third-order valence-electron chi connectivity index (χ3n) is 2.30. The summed E-state index contributed by atoms with van der Waals surface area (Å²) in [4.78, 5) is 20.9. The normalized spacial score (nSPS) is 13.5. The lowest BCUT2D eigenvalue weighted by Crippen LogP contribution is -2.35. The Kier molecular flexibility index (Phi) is 5.21. The average Bonchev–Trinajstić information content (AvgIpc) is 2.11. The van der Waals surface area contributed by atoms with Crippen molar-refractivity contribution in [2.75, 3.05) is 6.61 Å². The number of aliphatic hydroxyl groups is 1. The number of rotatable bonds is 7. The van der Waals surface area contributed by atoms with Gasteiger partial charge in [0.25, 0.3) is 0 Å². The standard InChI is InChI=1S/C9H17NO5/c1-9(2,10(14)15)6-7(8(12)13)4-3-5-11/h7,11H,3-6H2,1-2H3,(H,12,13). The van der Waals surface area contributed by atoms with Crippen molar-refractivity contribution in [1.29, 1.82) is 0 Å². The van der Waals surface area contributed by atoms with Crippen LogP contribution in [0.5, 0.6) is 0 Å². The summed E-state index contributed by atoms with van der Waals surface area (Å²) in [5.74, 6) is -1.81. The van der Waals surface area contributed by atoms with Crippen molar-refractivity contribution in [3.05, 3.63) is 10.1 Å². The molecule has 0 fully saturated rings. The lowest BCUT2D eigenvalue weighted by Gasteiger charge is -2.20. The van der Waals surface area contributed by atoms with Crippen molar-refractivity contribution in [3.63, 3.8) is 0 Å². The van der Waals surface area contributed by atoms with Gasteiger partial charge in [-0.05, 0) is 12.8 Å². The number of aliphatic carboxylic acids is 1. The van der Waals surface area contributed by atoms with Gasteiger partial charge in [-0.2, -0.15) is 0 Å². The molecule has 1 unspecified atom stereocenters. The maximum absolute atomic E-state index is 10.8. The summed E-state index contributed by atoms with van der Waals surface area (Å²) in [7, 11) is 0. The molecule has 0 spiro atoms. The maximum Gasteiger partial charge on any atom is 0.306 e. The molecule has 6 heteroatoms. The molecule has 0 radical (unpaired) electrons. The number of nitro groups is 1. The smallest absolute Gasteiger partial charge is 0.306 e. The molecular formula is C9H17NO5. The van der Waals surface area contributed by atoms with Gasteiger partial charge in [-0.3, -0.25) is 14.9 Å². The Morgan fingerprint density at radius 1 is 1.53 bits per heavy atom. The molecule has 0 aromatic carbocycles. The van der Waals surface area contributed by atoms with E-state index in [0.29, 0.717) is 6.42 Å². The number of carboxylic acid groups (broad SMARTS) is 1. The molecule has 0 aliphatic rings. The monoisotopic (exact) mass is 219 g/mol. The Labute approximate surface area is 88.1 Å². The van der Waals surface area contributed by atoms with Gasteiger partial charge in [-0.25, -0.2) is 0 Å². The average molecular weight is 219 g/mol. The number of nitrogens with zero attached hydrogens (tertiary/aromatic N) is 1. The summed E-state index contributed by atoms with van der Waals surface area (Å²) in [5, 5.41) is 28.0. The maximum atomic E-state index is 10.8. The zero-order valence-electron chi connectivity index (χ0n) is 8.97. The number of aliphatic hydroxyl groups excluding tert-OH is 1. The van der Waals surface area contributed by atoms with E-state index in [1.54, 1.807) is 0 Å². The van der Waals surface area contributed by atoms with Crippen LogP contribution in [0.2, 0.25) is 0 Å². The Bertz CT molecular complexity index is 239. The Morgan fingerprint density at radius 3 is 2.40 bits per heavy atom. The highest BCUT2D eigenvalue weighted by molar-refractivity contribution is 5.70. The fourth-order valence-electron chi connectivity index (χ4n) is 1.33. The molecule has 0 saturated heterocycles. The molecule has 0 saturated carbocycles. The second-order valence-corrected chi connectivity index (χ2v) is 4.17. The van der Waals surface area contributed by atoms with Gasteiger partial charge in [0.05, 0.1) is 5.92 Å². The molecular weight excluding hydrogens is 202 g/mol. The zero-order valence-corrected chi connectivity index (χ0v) is 8.97. The molecule has 0 amide bonds. The Balaban J connectivity index is 4.40. The summed E-state index contributed by atoms with van der Waals surface area (Å²) in [5.41, 5.74) is -1.24. The lowest BCUT2D eigenvalue weighted by atomic mass is 9.88. The molecule has 1 atom stereocenters. The summed E-state index contributed by atoms with van der Waals surface area (Å²) in [6.45, 7) is 2.71. The van der Waals surface area contributed by atoms with E-state index in [1.807, 2.05) is 0 Å². The zero-order chi connectivity index (χ0) is 12.1. The molecule has 0 rings (SSSR count). The van der Waals surface area contributed by atoms with E-state index in [9.17, 15) is 14.9 Å². The van der Waals surface area contributed by atoms with Crippen LogP contribution in [0.3, 0.4) is 0 Å². The minimum absolute atomic E-state index is 0.0185. The van der Waals surface area contributed by atoms with E-state index in [1.165, 1.54) is 13.8 Å². The highest BCUT2D eigenvalue weighted by Gasteiger charge is 2.36. The quantitative estimate of drug-likeness (QED) is 0.489. The van der Waals surface area contributed by atoms with Crippen LogP contribution in [-0.4, -0.2) is 33.3 Å². The van der Waals surface area contributed by atoms with Crippen molar-refractivity contribution in [2.45, 2.75) is 38.6 Å². The number of carbonyl (C=O) groups is 1. The molecule has 0 aromatic heterocycles. The van der Waals surface area contributed by atoms with E-state index in [2.05, 4.69) is 0 Å². The van der Waals surface area contributed by atoms with E-state index < -0.39 is 22.3 Å². The predicted octanol–water partition coefficient (Wildman–Crippen LogP) is 0.905. The van der Waals surface area contributed by atoms with Gasteiger partial charge in [-0.15, -0.1) is 0 Å².